The lowest BCUT2D eigenvalue weighted by Gasteiger charge is -2.29. The summed E-state index contributed by atoms with van der Waals surface area (Å²) in [6.07, 6.45) is -4.90. The van der Waals surface area contributed by atoms with Crippen molar-refractivity contribution in [2.24, 2.45) is 0 Å². The van der Waals surface area contributed by atoms with Crippen molar-refractivity contribution in [1.29, 1.82) is 0 Å². The van der Waals surface area contributed by atoms with Crippen molar-refractivity contribution < 1.29 is 36.3 Å². The first-order chi connectivity index (χ1) is 16.4. The molecule has 0 atom stereocenters. The summed E-state index contributed by atoms with van der Waals surface area (Å²) in [6, 6.07) is 16.2. The first kappa shape index (κ1) is 28.3. The Morgan fingerprint density at radius 1 is 1.06 bits per heavy atom. The minimum atomic E-state index is -5.08. The van der Waals surface area contributed by atoms with E-state index >= 15 is 0 Å². The number of piperazine rings is 1. The molecule has 1 aliphatic heterocycles. The van der Waals surface area contributed by atoms with Crippen LogP contribution in [0, 0.1) is 6.92 Å². The van der Waals surface area contributed by atoms with Crippen molar-refractivity contribution in [3.63, 3.8) is 0 Å². The van der Waals surface area contributed by atoms with E-state index < -0.39 is 22.2 Å². The lowest BCUT2D eigenvalue weighted by atomic mass is 10.1. The van der Waals surface area contributed by atoms with E-state index in [1.165, 1.54) is 4.31 Å². The highest BCUT2D eigenvalue weighted by Crippen LogP contribution is 2.19. The molecule has 1 aliphatic rings. The van der Waals surface area contributed by atoms with Gasteiger partial charge in [-0.15, -0.1) is 0 Å². The van der Waals surface area contributed by atoms with Gasteiger partial charge in [0.1, 0.15) is 0 Å². The van der Waals surface area contributed by atoms with Crippen LogP contribution in [0.15, 0.2) is 59.5 Å². The average molecular weight is 516 g/mol. The standard InChI is InChI=1S/C21H27N3O3S.C2HF3O2/c1-18-6-5-7-19(16-18)17-24(28(26,27)20-8-3-2-4-9-20)13-10-21(25)23-14-11-22-12-15-23;3-2(4,5)1(6)7/h2-9,16,22H,10-15,17H2,1H3;(H,6,7). The minimum Gasteiger partial charge on any atom is -0.475 e. The molecule has 0 aliphatic carbocycles. The van der Waals surface area contributed by atoms with Gasteiger partial charge in [-0.25, -0.2) is 13.2 Å². The van der Waals surface area contributed by atoms with Gasteiger partial charge in [-0.2, -0.15) is 17.5 Å². The molecule has 2 N–H and O–H groups in total. The predicted octanol–water partition coefficient (Wildman–Crippen LogP) is 2.64. The van der Waals surface area contributed by atoms with Crippen molar-refractivity contribution in [1.82, 2.24) is 14.5 Å². The predicted molar refractivity (Wildman–Crippen MR) is 123 cm³/mol. The zero-order chi connectivity index (χ0) is 26.1. The van der Waals surface area contributed by atoms with E-state index in [0.29, 0.717) is 13.1 Å². The van der Waals surface area contributed by atoms with Crippen molar-refractivity contribution in [3.05, 3.63) is 65.7 Å². The molecule has 0 aromatic heterocycles. The zero-order valence-electron chi connectivity index (χ0n) is 19.2. The molecular formula is C23H28F3N3O5S. The summed E-state index contributed by atoms with van der Waals surface area (Å²) in [4.78, 5) is 23.5. The first-order valence-electron chi connectivity index (χ1n) is 10.8. The van der Waals surface area contributed by atoms with Crippen LogP contribution in [0.5, 0.6) is 0 Å². The van der Waals surface area contributed by atoms with Crippen LogP contribution in [-0.2, 0) is 26.2 Å². The number of sulfonamides is 1. The molecule has 1 amide bonds. The highest BCUT2D eigenvalue weighted by atomic mass is 32.2. The number of aliphatic carboxylic acids is 1. The number of alkyl halides is 3. The zero-order valence-corrected chi connectivity index (χ0v) is 20.0. The smallest absolute Gasteiger partial charge is 0.475 e. The Bertz CT molecular complexity index is 1090. The monoisotopic (exact) mass is 515 g/mol. The van der Waals surface area contributed by atoms with Crippen LogP contribution in [-0.4, -0.2) is 73.5 Å². The van der Waals surface area contributed by atoms with Crippen LogP contribution in [0.1, 0.15) is 17.5 Å². The van der Waals surface area contributed by atoms with Gasteiger partial charge in [0, 0.05) is 45.7 Å². The Hall–Kier alpha value is -2.96. The Morgan fingerprint density at radius 3 is 2.20 bits per heavy atom. The number of carboxylic acids is 1. The molecule has 1 heterocycles. The normalized spacial score (nSPS) is 14.3. The van der Waals surface area contributed by atoms with E-state index in [-0.39, 0.29) is 30.3 Å². The van der Waals surface area contributed by atoms with Gasteiger partial charge in [0.15, 0.2) is 0 Å². The lowest BCUT2D eigenvalue weighted by Crippen LogP contribution is -2.47. The highest BCUT2D eigenvalue weighted by molar-refractivity contribution is 7.89. The van der Waals surface area contributed by atoms with Gasteiger partial charge < -0.3 is 15.3 Å². The quantitative estimate of drug-likeness (QED) is 0.587. The van der Waals surface area contributed by atoms with Crippen molar-refractivity contribution in [2.45, 2.75) is 31.0 Å². The molecule has 0 unspecified atom stereocenters. The molecule has 12 heteroatoms. The summed E-state index contributed by atoms with van der Waals surface area (Å²) < 4.78 is 59.6. The van der Waals surface area contributed by atoms with Gasteiger partial charge >= 0.3 is 12.1 Å². The average Bonchev–Trinajstić information content (AvgIpc) is 2.82. The maximum absolute atomic E-state index is 13.2. The Labute approximate surface area is 202 Å². The molecular weight excluding hydrogens is 487 g/mol. The second-order valence-corrected chi connectivity index (χ2v) is 9.76. The number of carbonyl (C=O) groups excluding carboxylic acids is 1. The van der Waals surface area contributed by atoms with E-state index in [1.807, 2.05) is 31.2 Å². The SMILES string of the molecule is Cc1cccc(CN(CCC(=O)N2CCNCC2)S(=O)(=O)c2ccccc2)c1.O=C(O)C(F)(F)F. The highest BCUT2D eigenvalue weighted by Gasteiger charge is 2.38. The first-order valence-corrected chi connectivity index (χ1v) is 12.2. The summed E-state index contributed by atoms with van der Waals surface area (Å²) in [6.45, 7) is 5.28. The number of nitrogens with one attached hydrogen (secondary N) is 1. The summed E-state index contributed by atoms with van der Waals surface area (Å²) in [7, 11) is -3.69. The molecule has 0 radical (unpaired) electrons. The second kappa shape index (κ2) is 12.7. The lowest BCUT2D eigenvalue weighted by molar-refractivity contribution is -0.192. The molecule has 2 aromatic carbocycles. The van der Waals surface area contributed by atoms with Gasteiger partial charge in [-0.05, 0) is 24.6 Å². The molecule has 1 saturated heterocycles. The number of halogens is 3. The van der Waals surface area contributed by atoms with Gasteiger partial charge in [-0.3, -0.25) is 4.79 Å². The molecule has 0 bridgehead atoms. The molecule has 192 valence electrons. The maximum atomic E-state index is 13.2. The van der Waals surface area contributed by atoms with Gasteiger partial charge in [0.05, 0.1) is 4.90 Å². The largest absolute Gasteiger partial charge is 0.490 e. The third-order valence-electron chi connectivity index (χ3n) is 5.11. The van der Waals surface area contributed by atoms with Crippen LogP contribution in [0.2, 0.25) is 0 Å². The van der Waals surface area contributed by atoms with Gasteiger partial charge in [0.25, 0.3) is 0 Å². The van der Waals surface area contributed by atoms with E-state index in [4.69, 9.17) is 9.90 Å². The fourth-order valence-electron chi connectivity index (χ4n) is 3.33. The molecule has 1 fully saturated rings. The maximum Gasteiger partial charge on any atom is 0.490 e. The van der Waals surface area contributed by atoms with Gasteiger partial charge in [-0.1, -0.05) is 48.0 Å². The Morgan fingerprint density at radius 2 is 1.66 bits per heavy atom. The summed E-state index contributed by atoms with van der Waals surface area (Å²) in [5.41, 5.74) is 1.99. The number of carbonyl (C=O) groups is 2. The molecule has 3 rings (SSSR count). The summed E-state index contributed by atoms with van der Waals surface area (Å²) in [5.74, 6) is -2.76. The molecule has 35 heavy (non-hydrogen) atoms. The van der Waals surface area contributed by atoms with E-state index in [0.717, 1.165) is 24.2 Å². The van der Waals surface area contributed by atoms with E-state index in [1.54, 1.807) is 35.2 Å². The Kier molecular flexibility index (Phi) is 10.2. The number of hydrogen-bond donors (Lipinski definition) is 2. The summed E-state index contributed by atoms with van der Waals surface area (Å²) in [5, 5.41) is 10.3. The van der Waals surface area contributed by atoms with Gasteiger partial charge in [0.2, 0.25) is 15.9 Å². The third-order valence-corrected chi connectivity index (χ3v) is 6.97. The van der Waals surface area contributed by atoms with Crippen molar-refractivity contribution >= 4 is 21.9 Å². The Balaban J connectivity index is 0.000000540. The molecule has 0 saturated carbocycles. The number of benzene rings is 2. The summed E-state index contributed by atoms with van der Waals surface area (Å²) >= 11 is 0. The van der Waals surface area contributed by atoms with Crippen LogP contribution in [0.4, 0.5) is 13.2 Å². The van der Waals surface area contributed by atoms with Crippen molar-refractivity contribution in [3.8, 4) is 0 Å². The van der Waals surface area contributed by atoms with E-state index in [9.17, 15) is 26.4 Å². The number of nitrogens with zero attached hydrogens (tertiary/aromatic N) is 2. The van der Waals surface area contributed by atoms with Crippen LogP contribution < -0.4 is 5.32 Å². The fourth-order valence-corrected chi connectivity index (χ4v) is 4.78. The number of aryl methyl sites for hydroxylation is 1. The molecule has 2 aromatic rings. The van der Waals surface area contributed by atoms with Crippen LogP contribution in [0.25, 0.3) is 0 Å². The minimum absolute atomic E-state index is 0.000922. The number of hydrogen-bond acceptors (Lipinski definition) is 5. The number of rotatable bonds is 7. The number of carboxylic acid groups (broad SMARTS) is 1. The number of amides is 1. The van der Waals surface area contributed by atoms with E-state index in [2.05, 4.69) is 5.32 Å². The van der Waals surface area contributed by atoms with Crippen molar-refractivity contribution in [2.75, 3.05) is 32.7 Å². The second-order valence-electron chi connectivity index (χ2n) is 7.82. The van der Waals surface area contributed by atoms with Crippen LogP contribution >= 0.6 is 0 Å². The topological polar surface area (TPSA) is 107 Å². The van der Waals surface area contributed by atoms with Crippen LogP contribution in [0.3, 0.4) is 0 Å². The molecule has 8 nitrogen and oxygen atoms in total. The third kappa shape index (κ3) is 8.96. The fraction of sp³-hybridized carbons (Fsp3) is 0.391. The molecule has 0 spiro atoms.